The van der Waals surface area contributed by atoms with E-state index in [1.165, 1.54) is 6.92 Å². The van der Waals surface area contributed by atoms with Crippen LogP contribution in [0.15, 0.2) is 18.5 Å². The van der Waals surface area contributed by atoms with E-state index in [0.717, 1.165) is 29.6 Å². The molecule has 0 unspecified atom stereocenters. The van der Waals surface area contributed by atoms with Gasteiger partial charge in [-0.2, -0.15) is 0 Å². The van der Waals surface area contributed by atoms with Crippen LogP contribution in [-0.4, -0.2) is 41.5 Å². The first-order chi connectivity index (χ1) is 8.58. The highest BCUT2D eigenvalue weighted by atomic mass is 16.5. The van der Waals surface area contributed by atoms with Gasteiger partial charge in [-0.15, -0.1) is 0 Å². The molecule has 0 amide bonds. The Balaban J connectivity index is 2.38. The number of hydrogen-bond donors (Lipinski definition) is 1. The van der Waals surface area contributed by atoms with E-state index in [1.54, 1.807) is 12.3 Å². The van der Waals surface area contributed by atoms with Crippen molar-refractivity contribution in [3.63, 3.8) is 0 Å². The van der Waals surface area contributed by atoms with Gasteiger partial charge < -0.3 is 14.6 Å². The van der Waals surface area contributed by atoms with Gasteiger partial charge in [0.05, 0.1) is 5.39 Å². The summed E-state index contributed by atoms with van der Waals surface area (Å²) in [6.07, 6.45) is 4.44. The van der Waals surface area contributed by atoms with Crippen LogP contribution in [0.5, 0.6) is 5.75 Å². The van der Waals surface area contributed by atoms with Crippen LogP contribution in [0.1, 0.15) is 12.5 Å². The van der Waals surface area contributed by atoms with Crippen molar-refractivity contribution in [1.29, 1.82) is 0 Å². The Labute approximate surface area is 106 Å². The van der Waals surface area contributed by atoms with Gasteiger partial charge in [-0.25, -0.2) is 4.98 Å². The van der Waals surface area contributed by atoms with Crippen LogP contribution in [-0.2, 0) is 11.2 Å². The van der Waals surface area contributed by atoms with Crippen LogP contribution in [0, 0.1) is 0 Å². The Morgan fingerprint density at radius 2 is 2.28 bits per heavy atom. The van der Waals surface area contributed by atoms with Crippen LogP contribution in [0.4, 0.5) is 0 Å². The SMILES string of the molecule is CC(=O)Oc1ccnc2[nH]cc(CCN(C)C)c12. The fourth-order valence-corrected chi connectivity index (χ4v) is 1.87. The monoisotopic (exact) mass is 247 g/mol. The molecular weight excluding hydrogens is 230 g/mol. The molecule has 0 aliphatic rings. The largest absolute Gasteiger partial charge is 0.426 e. The lowest BCUT2D eigenvalue weighted by Crippen LogP contribution is -2.15. The molecule has 5 heteroatoms. The normalized spacial score (nSPS) is 11.1. The second kappa shape index (κ2) is 5.18. The van der Waals surface area contributed by atoms with Crippen molar-refractivity contribution in [2.24, 2.45) is 0 Å². The lowest BCUT2D eigenvalue weighted by Gasteiger charge is -2.09. The Morgan fingerprint density at radius 1 is 1.50 bits per heavy atom. The van der Waals surface area contributed by atoms with E-state index in [1.807, 2.05) is 20.3 Å². The summed E-state index contributed by atoms with van der Waals surface area (Å²) in [5.74, 6) is 0.254. The third-order valence-electron chi connectivity index (χ3n) is 2.70. The minimum Gasteiger partial charge on any atom is -0.426 e. The second-order valence-corrected chi connectivity index (χ2v) is 4.49. The molecule has 2 heterocycles. The van der Waals surface area contributed by atoms with E-state index in [-0.39, 0.29) is 5.97 Å². The highest BCUT2D eigenvalue weighted by Gasteiger charge is 2.12. The zero-order valence-electron chi connectivity index (χ0n) is 10.9. The molecule has 0 bridgehead atoms. The number of H-pyrrole nitrogens is 1. The van der Waals surface area contributed by atoms with Crippen LogP contribution in [0.3, 0.4) is 0 Å². The molecule has 0 radical (unpaired) electrons. The molecule has 2 aromatic rings. The number of aromatic nitrogens is 2. The Kier molecular flexibility index (Phi) is 3.62. The standard InChI is InChI=1S/C13H17N3O2/c1-9(17)18-11-4-6-14-13-12(11)10(8-15-13)5-7-16(2)3/h4,6,8H,5,7H2,1-3H3,(H,14,15). The van der Waals surface area contributed by atoms with Crippen LogP contribution < -0.4 is 4.74 Å². The fourth-order valence-electron chi connectivity index (χ4n) is 1.87. The number of carbonyl (C=O) groups excluding carboxylic acids is 1. The molecule has 96 valence electrons. The van der Waals surface area contributed by atoms with E-state index in [9.17, 15) is 4.79 Å². The van der Waals surface area contributed by atoms with Crippen molar-refractivity contribution in [2.75, 3.05) is 20.6 Å². The molecule has 2 rings (SSSR count). The van der Waals surface area contributed by atoms with Gasteiger partial charge in [0.2, 0.25) is 0 Å². The highest BCUT2D eigenvalue weighted by molar-refractivity contribution is 5.88. The summed E-state index contributed by atoms with van der Waals surface area (Å²) in [5.41, 5.74) is 1.87. The van der Waals surface area contributed by atoms with Crippen molar-refractivity contribution in [2.45, 2.75) is 13.3 Å². The topological polar surface area (TPSA) is 58.2 Å². The van der Waals surface area contributed by atoms with Gasteiger partial charge in [0.15, 0.2) is 0 Å². The number of pyridine rings is 1. The number of carbonyl (C=O) groups is 1. The van der Waals surface area contributed by atoms with Crippen molar-refractivity contribution in [3.05, 3.63) is 24.0 Å². The van der Waals surface area contributed by atoms with Gasteiger partial charge in [0.1, 0.15) is 11.4 Å². The molecule has 0 atom stereocenters. The van der Waals surface area contributed by atoms with Crippen LogP contribution in [0.25, 0.3) is 11.0 Å². The molecule has 1 N–H and O–H groups in total. The van der Waals surface area contributed by atoms with E-state index < -0.39 is 0 Å². The summed E-state index contributed by atoms with van der Waals surface area (Å²) in [7, 11) is 4.06. The van der Waals surface area contributed by atoms with Crippen molar-refractivity contribution in [1.82, 2.24) is 14.9 Å². The second-order valence-electron chi connectivity index (χ2n) is 4.49. The van der Waals surface area contributed by atoms with Crippen molar-refractivity contribution >= 4 is 17.0 Å². The third kappa shape index (κ3) is 2.68. The number of ether oxygens (including phenoxy) is 1. The average Bonchev–Trinajstić information content (AvgIpc) is 2.70. The first-order valence-electron chi connectivity index (χ1n) is 5.86. The van der Waals surface area contributed by atoms with Gasteiger partial charge in [-0.05, 0) is 26.1 Å². The lowest BCUT2D eigenvalue weighted by molar-refractivity contribution is -0.131. The maximum atomic E-state index is 11.1. The summed E-state index contributed by atoms with van der Waals surface area (Å²) in [4.78, 5) is 20.5. The van der Waals surface area contributed by atoms with Gasteiger partial charge in [0, 0.05) is 31.9 Å². The Morgan fingerprint density at radius 3 is 2.94 bits per heavy atom. The van der Waals surface area contributed by atoms with Gasteiger partial charge in [-0.1, -0.05) is 0 Å². The highest BCUT2D eigenvalue weighted by Crippen LogP contribution is 2.27. The molecule has 0 aliphatic carbocycles. The number of nitrogens with zero attached hydrogens (tertiary/aromatic N) is 2. The minimum absolute atomic E-state index is 0.317. The number of aromatic amines is 1. The molecular formula is C13H17N3O2. The van der Waals surface area contributed by atoms with E-state index in [4.69, 9.17) is 4.74 Å². The van der Waals surface area contributed by atoms with Gasteiger partial charge in [-0.3, -0.25) is 4.79 Å². The maximum absolute atomic E-state index is 11.1. The van der Waals surface area contributed by atoms with Gasteiger partial charge >= 0.3 is 5.97 Å². The first-order valence-corrected chi connectivity index (χ1v) is 5.86. The molecule has 0 saturated heterocycles. The number of rotatable bonds is 4. The third-order valence-corrected chi connectivity index (χ3v) is 2.70. The molecule has 2 aromatic heterocycles. The Hall–Kier alpha value is -1.88. The quantitative estimate of drug-likeness (QED) is 0.834. The van der Waals surface area contributed by atoms with Crippen molar-refractivity contribution in [3.8, 4) is 5.75 Å². The Bertz CT molecular complexity index is 560. The predicted octanol–water partition coefficient (Wildman–Crippen LogP) is 1.59. The van der Waals surface area contributed by atoms with E-state index in [0.29, 0.717) is 5.75 Å². The molecule has 5 nitrogen and oxygen atoms in total. The minimum atomic E-state index is -0.317. The number of esters is 1. The predicted molar refractivity (Wildman–Crippen MR) is 69.7 cm³/mol. The smallest absolute Gasteiger partial charge is 0.308 e. The van der Waals surface area contributed by atoms with Crippen LogP contribution >= 0.6 is 0 Å². The molecule has 0 fully saturated rings. The molecule has 0 saturated carbocycles. The number of fused-ring (bicyclic) bond motifs is 1. The summed E-state index contributed by atoms with van der Waals surface area (Å²) < 4.78 is 5.22. The molecule has 0 spiro atoms. The lowest BCUT2D eigenvalue weighted by atomic mass is 10.1. The zero-order chi connectivity index (χ0) is 13.1. The summed E-state index contributed by atoms with van der Waals surface area (Å²) in [6, 6.07) is 1.72. The van der Waals surface area contributed by atoms with Crippen molar-refractivity contribution < 1.29 is 9.53 Å². The number of likely N-dealkylation sites (N-methyl/N-ethyl adjacent to an activating group) is 1. The van der Waals surface area contributed by atoms with Gasteiger partial charge in [0.25, 0.3) is 0 Å². The summed E-state index contributed by atoms with van der Waals surface area (Å²) in [6.45, 7) is 2.33. The summed E-state index contributed by atoms with van der Waals surface area (Å²) >= 11 is 0. The average molecular weight is 247 g/mol. The first kappa shape index (κ1) is 12.6. The molecule has 0 aromatic carbocycles. The number of hydrogen-bond acceptors (Lipinski definition) is 4. The van der Waals surface area contributed by atoms with E-state index >= 15 is 0 Å². The fraction of sp³-hybridized carbons (Fsp3) is 0.385. The van der Waals surface area contributed by atoms with Crippen LogP contribution in [0.2, 0.25) is 0 Å². The zero-order valence-corrected chi connectivity index (χ0v) is 10.9. The summed E-state index contributed by atoms with van der Waals surface area (Å²) in [5, 5.41) is 0.898. The maximum Gasteiger partial charge on any atom is 0.308 e. The molecule has 18 heavy (non-hydrogen) atoms. The van der Waals surface area contributed by atoms with E-state index in [2.05, 4.69) is 14.9 Å². The molecule has 0 aliphatic heterocycles. The number of nitrogens with one attached hydrogen (secondary N) is 1.